The Labute approximate surface area is 120 Å². The van der Waals surface area contributed by atoms with Gasteiger partial charge in [0.15, 0.2) is 0 Å². The Morgan fingerprint density at radius 3 is 2.55 bits per heavy atom. The zero-order chi connectivity index (χ0) is 15.0. The van der Waals surface area contributed by atoms with E-state index in [0.717, 1.165) is 5.69 Å². The van der Waals surface area contributed by atoms with Gasteiger partial charge < -0.3 is 10.5 Å². The molecule has 1 saturated carbocycles. The zero-order valence-corrected chi connectivity index (χ0v) is 12.8. The van der Waals surface area contributed by atoms with Crippen molar-refractivity contribution in [2.45, 2.75) is 63.9 Å². The summed E-state index contributed by atoms with van der Waals surface area (Å²) in [5.41, 5.74) is 6.58. The second-order valence-corrected chi connectivity index (χ2v) is 6.96. The van der Waals surface area contributed by atoms with Crippen LogP contribution in [0.1, 0.15) is 64.3 Å². The molecule has 1 aliphatic rings. The smallest absolute Gasteiger partial charge is 0.405 e. The van der Waals surface area contributed by atoms with Crippen LogP contribution in [0.2, 0.25) is 0 Å². The van der Waals surface area contributed by atoms with Crippen molar-refractivity contribution in [2.75, 3.05) is 0 Å². The first-order valence-electron chi connectivity index (χ1n) is 7.15. The van der Waals surface area contributed by atoms with Gasteiger partial charge in [-0.3, -0.25) is 4.98 Å². The highest BCUT2D eigenvalue weighted by molar-refractivity contribution is 5.65. The summed E-state index contributed by atoms with van der Waals surface area (Å²) in [6, 6.07) is 6.22. The van der Waals surface area contributed by atoms with Crippen molar-refractivity contribution in [2.24, 2.45) is 5.73 Å². The Kier molecular flexibility index (Phi) is 3.76. The summed E-state index contributed by atoms with van der Waals surface area (Å²) in [6.07, 6.45) is 2.43. The number of hydrogen-bond donors (Lipinski definition) is 1. The minimum Gasteiger partial charge on any atom is -0.444 e. The van der Waals surface area contributed by atoms with Crippen LogP contribution in [0.25, 0.3) is 0 Å². The molecule has 2 N–H and O–H groups in total. The largest absolute Gasteiger partial charge is 0.444 e. The highest BCUT2D eigenvalue weighted by atomic mass is 16.6. The van der Waals surface area contributed by atoms with E-state index in [0.29, 0.717) is 12.3 Å². The standard InChI is InChI=1S/C16H24N2O2/c1-15(2,10-16(3,4)20-14(17)19)13-7-5-6-12(18-13)11-8-9-11/h5-7,11H,8-10H2,1-4H3,(H2,17,19). The fourth-order valence-electron chi connectivity index (χ4n) is 2.90. The van der Waals surface area contributed by atoms with E-state index in [1.165, 1.54) is 18.5 Å². The van der Waals surface area contributed by atoms with Crippen LogP contribution in [0, 0.1) is 0 Å². The SMILES string of the molecule is CC(C)(CC(C)(C)c1cccc(C2CC2)n1)OC(N)=O. The molecule has 1 aliphatic carbocycles. The third-order valence-corrected chi connectivity index (χ3v) is 3.70. The Morgan fingerprint density at radius 2 is 2.00 bits per heavy atom. The van der Waals surface area contributed by atoms with E-state index in [9.17, 15) is 4.79 Å². The fourth-order valence-corrected chi connectivity index (χ4v) is 2.90. The van der Waals surface area contributed by atoms with Crippen LogP contribution in [-0.4, -0.2) is 16.7 Å². The van der Waals surface area contributed by atoms with Crippen LogP contribution < -0.4 is 5.73 Å². The van der Waals surface area contributed by atoms with Gasteiger partial charge in [-0.25, -0.2) is 4.79 Å². The van der Waals surface area contributed by atoms with E-state index in [1.54, 1.807) is 0 Å². The Hall–Kier alpha value is -1.58. The van der Waals surface area contributed by atoms with Crippen molar-refractivity contribution in [3.05, 3.63) is 29.6 Å². The zero-order valence-electron chi connectivity index (χ0n) is 12.8. The van der Waals surface area contributed by atoms with E-state index < -0.39 is 11.7 Å². The highest BCUT2D eigenvalue weighted by Gasteiger charge is 2.34. The maximum atomic E-state index is 11.0. The number of nitrogens with zero attached hydrogens (tertiary/aromatic N) is 1. The lowest BCUT2D eigenvalue weighted by Crippen LogP contribution is -2.37. The maximum Gasteiger partial charge on any atom is 0.405 e. The topological polar surface area (TPSA) is 65.2 Å². The molecule has 0 aromatic carbocycles. The van der Waals surface area contributed by atoms with E-state index in [-0.39, 0.29) is 5.41 Å². The molecule has 1 fully saturated rings. The molecule has 0 bridgehead atoms. The lowest BCUT2D eigenvalue weighted by Gasteiger charge is -2.34. The molecular formula is C16H24N2O2. The number of hydrogen-bond acceptors (Lipinski definition) is 3. The third kappa shape index (κ3) is 3.71. The summed E-state index contributed by atoms with van der Waals surface area (Å²) in [5.74, 6) is 0.639. The molecule has 2 rings (SSSR count). The van der Waals surface area contributed by atoms with Crippen molar-refractivity contribution in [1.29, 1.82) is 0 Å². The van der Waals surface area contributed by atoms with Gasteiger partial charge >= 0.3 is 6.09 Å². The van der Waals surface area contributed by atoms with E-state index >= 15 is 0 Å². The molecule has 0 radical (unpaired) electrons. The van der Waals surface area contributed by atoms with Crippen molar-refractivity contribution < 1.29 is 9.53 Å². The third-order valence-electron chi connectivity index (χ3n) is 3.70. The minimum atomic E-state index is -0.731. The summed E-state index contributed by atoms with van der Waals surface area (Å²) in [5, 5.41) is 0. The second kappa shape index (κ2) is 5.08. The number of rotatable bonds is 5. The van der Waals surface area contributed by atoms with Crippen LogP contribution in [0.3, 0.4) is 0 Å². The summed E-state index contributed by atoms with van der Waals surface area (Å²) in [7, 11) is 0. The quantitative estimate of drug-likeness (QED) is 0.895. The number of carbonyl (C=O) groups excluding carboxylic acids is 1. The van der Waals surface area contributed by atoms with Crippen molar-refractivity contribution in [3.63, 3.8) is 0 Å². The lowest BCUT2D eigenvalue weighted by molar-refractivity contribution is 0.0242. The van der Waals surface area contributed by atoms with Gasteiger partial charge in [-0.1, -0.05) is 19.9 Å². The van der Waals surface area contributed by atoms with Crippen LogP contribution >= 0.6 is 0 Å². The number of primary amides is 1. The average Bonchev–Trinajstić information content (AvgIpc) is 3.09. The van der Waals surface area contributed by atoms with E-state index in [4.69, 9.17) is 15.5 Å². The molecule has 20 heavy (non-hydrogen) atoms. The Balaban J connectivity index is 2.16. The molecule has 0 spiro atoms. The monoisotopic (exact) mass is 276 g/mol. The summed E-state index contributed by atoms with van der Waals surface area (Å²) >= 11 is 0. The van der Waals surface area contributed by atoms with Crippen molar-refractivity contribution >= 4 is 6.09 Å². The lowest BCUT2D eigenvalue weighted by atomic mass is 9.78. The first-order chi connectivity index (χ1) is 9.20. The summed E-state index contributed by atoms with van der Waals surface area (Å²) in [6.45, 7) is 8.00. The minimum absolute atomic E-state index is 0.177. The molecule has 1 heterocycles. The molecule has 0 aliphatic heterocycles. The van der Waals surface area contributed by atoms with Crippen LogP contribution in [-0.2, 0) is 10.2 Å². The molecule has 0 atom stereocenters. The fraction of sp³-hybridized carbons (Fsp3) is 0.625. The van der Waals surface area contributed by atoms with Gasteiger partial charge in [0.1, 0.15) is 5.60 Å². The predicted molar refractivity (Wildman–Crippen MR) is 78.6 cm³/mol. The van der Waals surface area contributed by atoms with Crippen LogP contribution in [0.4, 0.5) is 4.79 Å². The van der Waals surface area contributed by atoms with Gasteiger partial charge in [0.05, 0.1) is 0 Å². The number of nitrogens with two attached hydrogens (primary N) is 1. The summed E-state index contributed by atoms with van der Waals surface area (Å²) in [4.78, 5) is 15.8. The van der Waals surface area contributed by atoms with Gasteiger partial charge in [0, 0.05) is 22.7 Å². The van der Waals surface area contributed by atoms with Crippen LogP contribution in [0.5, 0.6) is 0 Å². The number of carbonyl (C=O) groups is 1. The summed E-state index contributed by atoms with van der Waals surface area (Å²) < 4.78 is 5.20. The molecule has 1 aromatic heterocycles. The molecule has 4 heteroatoms. The normalized spacial score (nSPS) is 16.0. The second-order valence-electron chi connectivity index (χ2n) is 6.96. The van der Waals surface area contributed by atoms with E-state index in [2.05, 4.69) is 26.0 Å². The first kappa shape index (κ1) is 14.8. The highest BCUT2D eigenvalue weighted by Crippen LogP contribution is 2.40. The van der Waals surface area contributed by atoms with Crippen molar-refractivity contribution in [1.82, 2.24) is 4.98 Å². The van der Waals surface area contributed by atoms with Gasteiger partial charge in [0.2, 0.25) is 0 Å². The molecular weight excluding hydrogens is 252 g/mol. The van der Waals surface area contributed by atoms with Gasteiger partial charge in [-0.05, 0) is 45.2 Å². The molecule has 1 amide bonds. The Bertz CT molecular complexity index is 505. The molecule has 1 aromatic rings. The number of pyridine rings is 1. The number of amides is 1. The molecule has 0 unspecified atom stereocenters. The number of aromatic nitrogens is 1. The molecule has 0 saturated heterocycles. The van der Waals surface area contributed by atoms with Crippen LogP contribution in [0.15, 0.2) is 18.2 Å². The van der Waals surface area contributed by atoms with E-state index in [1.807, 2.05) is 19.9 Å². The van der Waals surface area contributed by atoms with Gasteiger partial charge in [0.25, 0.3) is 0 Å². The maximum absolute atomic E-state index is 11.0. The number of ether oxygens (including phenoxy) is 1. The first-order valence-corrected chi connectivity index (χ1v) is 7.15. The van der Waals surface area contributed by atoms with Crippen molar-refractivity contribution in [3.8, 4) is 0 Å². The molecule has 4 nitrogen and oxygen atoms in total. The average molecular weight is 276 g/mol. The van der Waals surface area contributed by atoms with Gasteiger partial charge in [-0.2, -0.15) is 0 Å². The predicted octanol–water partition coefficient (Wildman–Crippen LogP) is 3.50. The Morgan fingerprint density at radius 1 is 1.35 bits per heavy atom. The molecule has 110 valence electrons. The van der Waals surface area contributed by atoms with Gasteiger partial charge in [-0.15, -0.1) is 0 Å².